The molecule has 1 heterocycles. The van der Waals surface area contributed by atoms with E-state index in [2.05, 4.69) is 93.0 Å². The number of aryl methyl sites for hydroxylation is 1. The molecule has 0 radical (unpaired) electrons. The van der Waals surface area contributed by atoms with E-state index in [0.717, 1.165) is 16.5 Å². The second-order valence-electron chi connectivity index (χ2n) is 7.97. The van der Waals surface area contributed by atoms with Crippen LogP contribution in [0.5, 0.6) is 0 Å². The van der Waals surface area contributed by atoms with Gasteiger partial charge in [-0.3, -0.25) is 0 Å². The van der Waals surface area contributed by atoms with Gasteiger partial charge in [0.2, 0.25) is 5.69 Å². The number of aromatic nitrogens is 1. The largest absolute Gasteiger partial charge is 0.220 e. The van der Waals surface area contributed by atoms with Gasteiger partial charge in [0.15, 0.2) is 5.69 Å². The Bertz CT molecular complexity index is 1210. The Hall–Kier alpha value is -2.93. The van der Waals surface area contributed by atoms with Crippen molar-refractivity contribution in [3.8, 4) is 22.4 Å². The molecule has 0 saturated heterocycles. The molecule has 0 bridgehead atoms. The standard InChI is InChI=1S/C27H28N/c1-18(2)22-11-14-26-24(17-22)16-20(4)28(5)27(26)25-13-12-23(15-19(25)3)21-9-7-6-8-10-21/h6-18H,1-5H3/q+1/i16D. The Morgan fingerprint density at radius 2 is 1.61 bits per heavy atom. The van der Waals surface area contributed by atoms with Gasteiger partial charge in [0.1, 0.15) is 7.05 Å². The lowest BCUT2D eigenvalue weighted by Crippen LogP contribution is -2.35. The zero-order valence-corrected chi connectivity index (χ0v) is 17.4. The number of fused-ring (bicyclic) bond motifs is 1. The first-order valence-electron chi connectivity index (χ1n) is 10.5. The maximum absolute atomic E-state index is 8.71. The van der Waals surface area contributed by atoms with Crippen LogP contribution < -0.4 is 4.57 Å². The summed E-state index contributed by atoms with van der Waals surface area (Å²) in [7, 11) is 2.07. The van der Waals surface area contributed by atoms with Gasteiger partial charge in [0.05, 0.1) is 6.76 Å². The summed E-state index contributed by atoms with van der Waals surface area (Å²) in [5.74, 6) is 0.448. The van der Waals surface area contributed by atoms with E-state index in [-0.39, 0.29) is 0 Å². The van der Waals surface area contributed by atoms with Gasteiger partial charge in [-0.2, -0.15) is 4.57 Å². The Morgan fingerprint density at radius 3 is 2.29 bits per heavy atom. The van der Waals surface area contributed by atoms with Crippen molar-refractivity contribution < 1.29 is 5.94 Å². The van der Waals surface area contributed by atoms with Crippen LogP contribution in [0.15, 0.2) is 72.8 Å². The number of hydrogen-bond donors (Lipinski definition) is 0. The predicted octanol–water partition coefficient (Wildman–Crippen LogP) is 6.74. The first kappa shape index (κ1) is 17.2. The Kier molecular flexibility index (Phi) is 4.44. The molecule has 0 aliphatic heterocycles. The molecule has 0 N–H and O–H groups in total. The van der Waals surface area contributed by atoms with Gasteiger partial charge in [-0.15, -0.1) is 0 Å². The van der Waals surface area contributed by atoms with E-state index in [0.29, 0.717) is 12.0 Å². The fourth-order valence-electron chi connectivity index (χ4n) is 3.92. The molecule has 0 aliphatic rings. The van der Waals surface area contributed by atoms with Crippen molar-refractivity contribution in [2.45, 2.75) is 33.6 Å². The molecule has 28 heavy (non-hydrogen) atoms. The fraction of sp³-hybridized carbons (Fsp3) is 0.222. The normalized spacial score (nSPS) is 11.9. The molecule has 0 atom stereocenters. The van der Waals surface area contributed by atoms with Crippen molar-refractivity contribution in [1.29, 1.82) is 0 Å². The average Bonchev–Trinajstić information content (AvgIpc) is 2.73. The molecule has 0 spiro atoms. The van der Waals surface area contributed by atoms with Crippen molar-refractivity contribution in [1.82, 2.24) is 0 Å². The van der Waals surface area contributed by atoms with E-state index >= 15 is 0 Å². The van der Waals surface area contributed by atoms with Gasteiger partial charge in [-0.05, 0) is 52.6 Å². The summed E-state index contributed by atoms with van der Waals surface area (Å²) in [5.41, 5.74) is 8.37. The number of pyridine rings is 1. The van der Waals surface area contributed by atoms with Crippen molar-refractivity contribution in [3.63, 3.8) is 0 Å². The second-order valence-corrected chi connectivity index (χ2v) is 7.97. The molecular formula is C27H28N+. The molecule has 0 fully saturated rings. The van der Waals surface area contributed by atoms with Crippen LogP contribution in [0.3, 0.4) is 0 Å². The molecule has 3 aromatic carbocycles. The summed E-state index contributed by atoms with van der Waals surface area (Å²) in [6.45, 7) is 8.63. The summed E-state index contributed by atoms with van der Waals surface area (Å²) >= 11 is 0. The average molecular weight is 368 g/mol. The van der Waals surface area contributed by atoms with Crippen LogP contribution in [0.25, 0.3) is 33.2 Å². The van der Waals surface area contributed by atoms with E-state index in [1.165, 1.54) is 33.5 Å². The van der Waals surface area contributed by atoms with Crippen LogP contribution in [0.4, 0.5) is 0 Å². The van der Waals surface area contributed by atoms with Crippen molar-refractivity contribution in [2.75, 3.05) is 0 Å². The molecule has 1 nitrogen and oxygen atoms in total. The van der Waals surface area contributed by atoms with Crippen LogP contribution in [0.2, 0.25) is 0 Å². The third kappa shape index (κ3) is 3.22. The highest BCUT2D eigenvalue weighted by molar-refractivity contribution is 5.94. The molecule has 0 saturated carbocycles. The number of hydrogen-bond acceptors (Lipinski definition) is 0. The second kappa shape index (κ2) is 7.24. The van der Waals surface area contributed by atoms with Crippen molar-refractivity contribution >= 4 is 10.8 Å². The minimum Gasteiger partial charge on any atom is -0.198 e. The lowest BCUT2D eigenvalue weighted by molar-refractivity contribution is -0.665. The number of benzene rings is 3. The predicted molar refractivity (Wildman–Crippen MR) is 120 cm³/mol. The first-order valence-corrected chi connectivity index (χ1v) is 9.97. The molecule has 4 rings (SSSR count). The van der Waals surface area contributed by atoms with Crippen molar-refractivity contribution in [2.24, 2.45) is 7.05 Å². The minimum absolute atomic E-state index is 0.448. The van der Waals surface area contributed by atoms with Crippen LogP contribution in [-0.2, 0) is 7.05 Å². The molecule has 4 aromatic rings. The van der Waals surface area contributed by atoms with Crippen LogP contribution in [0, 0.1) is 13.8 Å². The first-order chi connectivity index (χ1) is 13.9. The maximum Gasteiger partial charge on any atom is 0.220 e. The van der Waals surface area contributed by atoms with Crippen LogP contribution in [0.1, 0.15) is 38.0 Å². The summed E-state index contributed by atoms with van der Waals surface area (Å²) in [6.07, 6.45) is 0. The molecule has 0 aliphatic carbocycles. The third-order valence-electron chi connectivity index (χ3n) is 5.71. The SMILES string of the molecule is [2H]c1c(C)[n+](C)c(-c2ccc(-c3ccccc3)cc2C)c2ccc(C(C)C)cc12. The molecule has 0 unspecified atom stereocenters. The lowest BCUT2D eigenvalue weighted by atomic mass is 9.93. The monoisotopic (exact) mass is 367 g/mol. The van der Waals surface area contributed by atoms with Gasteiger partial charge in [0.25, 0.3) is 0 Å². The topological polar surface area (TPSA) is 3.88 Å². The van der Waals surface area contributed by atoms with Gasteiger partial charge in [0, 0.05) is 18.5 Å². The molecule has 0 amide bonds. The quantitative estimate of drug-likeness (QED) is 0.353. The van der Waals surface area contributed by atoms with E-state index in [9.17, 15) is 0 Å². The zero-order valence-electron chi connectivity index (χ0n) is 18.4. The van der Waals surface area contributed by atoms with Gasteiger partial charge in [-0.25, -0.2) is 0 Å². The highest BCUT2D eigenvalue weighted by Crippen LogP contribution is 2.32. The smallest absolute Gasteiger partial charge is 0.198 e. The molecule has 1 aromatic heterocycles. The van der Waals surface area contributed by atoms with E-state index in [1.54, 1.807) is 0 Å². The molecule has 1 heteroatoms. The van der Waals surface area contributed by atoms with E-state index < -0.39 is 0 Å². The van der Waals surface area contributed by atoms with Crippen molar-refractivity contribution in [3.05, 3.63) is 89.6 Å². The summed E-state index contributed by atoms with van der Waals surface area (Å²) in [5, 5.41) is 2.18. The lowest BCUT2D eigenvalue weighted by Gasteiger charge is -2.13. The third-order valence-corrected chi connectivity index (χ3v) is 5.71. The van der Waals surface area contributed by atoms with E-state index in [4.69, 9.17) is 1.37 Å². The highest BCUT2D eigenvalue weighted by Gasteiger charge is 2.20. The van der Waals surface area contributed by atoms with Crippen LogP contribution >= 0.6 is 0 Å². The Morgan fingerprint density at radius 1 is 0.857 bits per heavy atom. The van der Waals surface area contributed by atoms with Gasteiger partial charge < -0.3 is 0 Å². The molecule has 140 valence electrons. The molecular weight excluding hydrogens is 338 g/mol. The number of rotatable bonds is 3. The summed E-state index contributed by atoms with van der Waals surface area (Å²) in [4.78, 5) is 0. The fourth-order valence-corrected chi connectivity index (χ4v) is 3.92. The Labute approximate surface area is 169 Å². The zero-order chi connectivity index (χ0) is 20.7. The Balaban J connectivity index is 1.96. The van der Waals surface area contributed by atoms with Crippen LogP contribution in [-0.4, -0.2) is 0 Å². The van der Waals surface area contributed by atoms with Gasteiger partial charge >= 0.3 is 0 Å². The van der Waals surface area contributed by atoms with E-state index in [1.807, 2.05) is 13.0 Å². The van der Waals surface area contributed by atoms with Gasteiger partial charge in [-0.1, -0.05) is 68.4 Å². The summed E-state index contributed by atoms with van der Waals surface area (Å²) < 4.78 is 10.9. The maximum atomic E-state index is 8.71. The highest BCUT2D eigenvalue weighted by atomic mass is 14.9. The number of nitrogens with zero attached hydrogens (tertiary/aromatic N) is 1. The minimum atomic E-state index is 0.448. The summed E-state index contributed by atoms with van der Waals surface area (Å²) in [6, 6.07) is 24.4.